The van der Waals surface area contributed by atoms with Gasteiger partial charge in [-0.05, 0) is 67.0 Å². The van der Waals surface area contributed by atoms with Crippen molar-refractivity contribution < 1.29 is 0 Å². The molecule has 2 rings (SSSR count). The molecular weight excluding hydrogens is 311 g/mol. The van der Waals surface area contributed by atoms with E-state index in [0.717, 1.165) is 5.69 Å². The van der Waals surface area contributed by atoms with Gasteiger partial charge >= 0.3 is 0 Å². The molecule has 2 N–H and O–H groups in total. The highest BCUT2D eigenvalue weighted by Crippen LogP contribution is 2.35. The zero-order chi connectivity index (χ0) is 11.7. The summed E-state index contributed by atoms with van der Waals surface area (Å²) in [5, 5.41) is 0. The lowest BCUT2D eigenvalue weighted by Crippen LogP contribution is -2.34. The number of rotatable bonds is 2. The van der Waals surface area contributed by atoms with Crippen LogP contribution in [0, 0.1) is 3.57 Å². The van der Waals surface area contributed by atoms with Gasteiger partial charge in [0, 0.05) is 15.7 Å². The fourth-order valence-electron chi connectivity index (χ4n) is 2.67. The number of nitrogen functional groups attached to an aromatic ring is 1. The Balaban J connectivity index is 2.34. The van der Waals surface area contributed by atoms with Crippen molar-refractivity contribution in [1.29, 1.82) is 0 Å². The van der Waals surface area contributed by atoms with Crippen molar-refractivity contribution >= 4 is 34.0 Å². The normalized spacial score (nSPS) is 25.1. The van der Waals surface area contributed by atoms with Crippen molar-refractivity contribution in [3.05, 3.63) is 21.8 Å². The minimum absolute atomic E-state index is 0.618. The molecule has 0 aromatic heterocycles. The second-order valence-corrected chi connectivity index (χ2v) is 5.84. The number of benzene rings is 1. The van der Waals surface area contributed by atoms with E-state index in [1.807, 2.05) is 0 Å². The zero-order valence-electron chi connectivity index (χ0n) is 9.91. The van der Waals surface area contributed by atoms with Crippen LogP contribution in [0.5, 0.6) is 0 Å². The van der Waals surface area contributed by atoms with Crippen molar-refractivity contribution in [2.45, 2.75) is 45.2 Å². The Labute approximate surface area is 111 Å². The molecule has 0 radical (unpaired) electrons. The summed E-state index contributed by atoms with van der Waals surface area (Å²) in [6.07, 6.45) is 3.78. The zero-order valence-corrected chi connectivity index (χ0v) is 12.1. The number of hydrogen-bond acceptors (Lipinski definition) is 2. The van der Waals surface area contributed by atoms with Gasteiger partial charge < -0.3 is 10.6 Å². The van der Waals surface area contributed by atoms with Crippen LogP contribution in [0.4, 0.5) is 11.4 Å². The highest BCUT2D eigenvalue weighted by molar-refractivity contribution is 14.1. The number of hydrogen-bond donors (Lipinski definition) is 1. The van der Waals surface area contributed by atoms with Crippen molar-refractivity contribution in [3.63, 3.8) is 0 Å². The van der Waals surface area contributed by atoms with Crippen LogP contribution >= 0.6 is 22.6 Å². The highest BCUT2D eigenvalue weighted by atomic mass is 127. The second-order valence-electron chi connectivity index (χ2n) is 4.60. The van der Waals surface area contributed by atoms with Crippen LogP contribution in [0.1, 0.15) is 33.1 Å². The second kappa shape index (κ2) is 4.82. The number of nitrogens with two attached hydrogens (primary N) is 1. The fraction of sp³-hybridized carbons (Fsp3) is 0.538. The molecule has 0 aliphatic carbocycles. The van der Waals surface area contributed by atoms with Crippen LogP contribution in [0.25, 0.3) is 0 Å². The first-order chi connectivity index (χ1) is 7.63. The summed E-state index contributed by atoms with van der Waals surface area (Å²) in [7, 11) is 0. The number of anilines is 2. The van der Waals surface area contributed by atoms with Gasteiger partial charge in [0.1, 0.15) is 0 Å². The Morgan fingerprint density at radius 3 is 2.81 bits per heavy atom. The van der Waals surface area contributed by atoms with Crippen molar-refractivity contribution in [1.82, 2.24) is 0 Å². The van der Waals surface area contributed by atoms with Crippen LogP contribution in [0.2, 0.25) is 0 Å². The predicted molar refractivity (Wildman–Crippen MR) is 78.8 cm³/mol. The van der Waals surface area contributed by atoms with Gasteiger partial charge in [0.05, 0.1) is 11.4 Å². The molecule has 16 heavy (non-hydrogen) atoms. The summed E-state index contributed by atoms with van der Waals surface area (Å²) in [4.78, 5) is 2.51. The Morgan fingerprint density at radius 2 is 2.19 bits per heavy atom. The van der Waals surface area contributed by atoms with Crippen LogP contribution in [-0.4, -0.2) is 12.1 Å². The van der Waals surface area contributed by atoms with E-state index in [0.29, 0.717) is 12.1 Å². The molecule has 3 heteroatoms. The minimum Gasteiger partial charge on any atom is -0.397 e. The average molecular weight is 330 g/mol. The van der Waals surface area contributed by atoms with Crippen molar-refractivity contribution in [3.8, 4) is 0 Å². The lowest BCUT2D eigenvalue weighted by Gasteiger charge is -2.31. The van der Waals surface area contributed by atoms with Gasteiger partial charge in [-0.3, -0.25) is 0 Å². The highest BCUT2D eigenvalue weighted by Gasteiger charge is 2.30. The van der Waals surface area contributed by atoms with Crippen molar-refractivity contribution in [2.24, 2.45) is 0 Å². The van der Waals surface area contributed by atoms with E-state index in [1.165, 1.54) is 28.5 Å². The van der Waals surface area contributed by atoms with Crippen LogP contribution in [-0.2, 0) is 0 Å². The van der Waals surface area contributed by atoms with Gasteiger partial charge in [-0.1, -0.05) is 6.92 Å². The summed E-state index contributed by atoms with van der Waals surface area (Å²) in [6, 6.07) is 7.66. The molecule has 0 saturated carbocycles. The molecule has 88 valence electrons. The van der Waals surface area contributed by atoms with E-state index < -0.39 is 0 Å². The third-order valence-electron chi connectivity index (χ3n) is 3.52. The van der Waals surface area contributed by atoms with Gasteiger partial charge in [-0.25, -0.2) is 0 Å². The SMILES string of the molecule is CCC1CCC(C)N1c1ccc(I)cc1N. The first kappa shape index (κ1) is 12.0. The smallest absolute Gasteiger partial charge is 0.0605 e. The lowest BCUT2D eigenvalue weighted by molar-refractivity contribution is 0.629. The van der Waals surface area contributed by atoms with Crippen LogP contribution < -0.4 is 10.6 Å². The van der Waals surface area contributed by atoms with Gasteiger partial charge in [-0.2, -0.15) is 0 Å². The quantitative estimate of drug-likeness (QED) is 0.663. The predicted octanol–water partition coefficient (Wildman–Crippen LogP) is 3.64. The first-order valence-corrected chi connectivity index (χ1v) is 7.04. The van der Waals surface area contributed by atoms with Gasteiger partial charge in [0.15, 0.2) is 0 Å². The topological polar surface area (TPSA) is 29.3 Å². The van der Waals surface area contributed by atoms with E-state index in [2.05, 4.69) is 59.5 Å². The Morgan fingerprint density at radius 1 is 1.44 bits per heavy atom. The Hall–Kier alpha value is -0.450. The van der Waals surface area contributed by atoms with E-state index >= 15 is 0 Å². The molecule has 1 aliphatic heterocycles. The number of halogens is 1. The molecule has 1 fully saturated rings. The van der Waals surface area contributed by atoms with E-state index in [1.54, 1.807) is 0 Å². The first-order valence-electron chi connectivity index (χ1n) is 5.96. The van der Waals surface area contributed by atoms with Gasteiger partial charge in [-0.15, -0.1) is 0 Å². The summed E-state index contributed by atoms with van der Waals surface area (Å²) in [6.45, 7) is 4.56. The minimum atomic E-state index is 0.618. The third kappa shape index (κ3) is 2.14. The lowest BCUT2D eigenvalue weighted by atomic mass is 10.1. The molecule has 1 aromatic carbocycles. The maximum atomic E-state index is 6.13. The molecule has 1 aliphatic rings. The third-order valence-corrected chi connectivity index (χ3v) is 4.20. The largest absolute Gasteiger partial charge is 0.397 e. The van der Waals surface area contributed by atoms with Crippen LogP contribution in [0.3, 0.4) is 0 Å². The number of nitrogens with zero attached hydrogens (tertiary/aromatic N) is 1. The molecule has 2 nitrogen and oxygen atoms in total. The summed E-state index contributed by atoms with van der Waals surface area (Å²) in [5.41, 5.74) is 8.27. The van der Waals surface area contributed by atoms with E-state index in [9.17, 15) is 0 Å². The standard InChI is InChI=1S/C13H19IN2/c1-3-11-6-4-9(2)16(11)13-7-5-10(14)8-12(13)15/h5,7-9,11H,3-4,6,15H2,1-2H3. The van der Waals surface area contributed by atoms with E-state index in [-0.39, 0.29) is 0 Å². The maximum Gasteiger partial charge on any atom is 0.0605 e. The monoisotopic (exact) mass is 330 g/mol. The molecule has 0 spiro atoms. The van der Waals surface area contributed by atoms with E-state index in [4.69, 9.17) is 5.73 Å². The fourth-order valence-corrected chi connectivity index (χ4v) is 3.18. The molecule has 2 atom stereocenters. The average Bonchev–Trinajstić information content (AvgIpc) is 2.60. The molecule has 1 heterocycles. The maximum absolute atomic E-state index is 6.13. The summed E-state index contributed by atoms with van der Waals surface area (Å²) in [5.74, 6) is 0. The Kier molecular flexibility index (Phi) is 3.62. The molecular formula is C13H19IN2. The van der Waals surface area contributed by atoms with Crippen LogP contribution in [0.15, 0.2) is 18.2 Å². The molecule has 0 bridgehead atoms. The molecule has 2 unspecified atom stereocenters. The molecule has 0 amide bonds. The summed E-state index contributed by atoms with van der Waals surface area (Å²) < 4.78 is 1.21. The molecule has 1 aromatic rings. The Bertz CT molecular complexity index is 378. The molecule has 1 saturated heterocycles. The van der Waals surface area contributed by atoms with Gasteiger partial charge in [0.2, 0.25) is 0 Å². The summed E-state index contributed by atoms with van der Waals surface area (Å²) >= 11 is 2.31. The van der Waals surface area contributed by atoms with Gasteiger partial charge in [0.25, 0.3) is 0 Å². The van der Waals surface area contributed by atoms with Crippen molar-refractivity contribution in [2.75, 3.05) is 10.6 Å².